The Bertz CT molecular complexity index is 1950. The van der Waals surface area contributed by atoms with Crippen LogP contribution in [-0.4, -0.2) is 9.97 Å². The second kappa shape index (κ2) is 9.91. The number of aromatic nitrogens is 2. The highest BCUT2D eigenvalue weighted by atomic mass is 14.6. The number of hydrogen-bond acceptors (Lipinski definition) is 2. The maximum absolute atomic E-state index is 4.26. The van der Waals surface area contributed by atoms with Crippen LogP contribution >= 0.6 is 0 Å². The summed E-state index contributed by atoms with van der Waals surface area (Å²) in [6, 6.07) is 39.7. The van der Waals surface area contributed by atoms with Crippen LogP contribution in [0.1, 0.15) is 11.1 Å². The van der Waals surface area contributed by atoms with E-state index in [0.717, 1.165) is 0 Å². The average molecular weight is 513 g/mol. The first-order valence-corrected chi connectivity index (χ1v) is 13.7. The fourth-order valence-corrected chi connectivity index (χ4v) is 6.04. The summed E-state index contributed by atoms with van der Waals surface area (Å²) in [7, 11) is 0. The smallest absolute Gasteiger partial charge is 0.0303 e. The summed E-state index contributed by atoms with van der Waals surface area (Å²) in [5, 5.41) is 5.06. The zero-order chi connectivity index (χ0) is 27.1. The molecule has 0 atom stereocenters. The monoisotopic (exact) mass is 512 g/mol. The minimum atomic E-state index is 1.18. The zero-order valence-corrected chi connectivity index (χ0v) is 22.6. The Balaban J connectivity index is 1.44. The summed E-state index contributed by atoms with van der Waals surface area (Å²) in [4.78, 5) is 8.45. The molecule has 2 heterocycles. The highest BCUT2D eigenvalue weighted by Crippen LogP contribution is 2.44. The molecule has 0 saturated heterocycles. The number of rotatable bonds is 4. The van der Waals surface area contributed by atoms with Gasteiger partial charge in [-0.1, -0.05) is 91.0 Å². The topological polar surface area (TPSA) is 25.8 Å². The first kappa shape index (κ1) is 24.0. The zero-order valence-electron chi connectivity index (χ0n) is 22.6. The molecule has 0 N–H and O–H groups in total. The minimum absolute atomic E-state index is 1.18. The fraction of sp³-hybridized carbons (Fsp3) is 0.0526. The van der Waals surface area contributed by atoms with E-state index in [1.54, 1.807) is 0 Å². The van der Waals surface area contributed by atoms with E-state index < -0.39 is 0 Å². The maximum Gasteiger partial charge on any atom is 0.0303 e. The highest BCUT2D eigenvalue weighted by molar-refractivity contribution is 6.21. The van der Waals surface area contributed by atoms with Crippen molar-refractivity contribution < 1.29 is 0 Å². The number of nitrogens with zero attached hydrogens (tertiary/aromatic N) is 2. The van der Waals surface area contributed by atoms with E-state index in [1.807, 2.05) is 24.8 Å². The van der Waals surface area contributed by atoms with Gasteiger partial charge in [-0.25, -0.2) is 0 Å². The third-order valence-corrected chi connectivity index (χ3v) is 7.94. The van der Waals surface area contributed by atoms with Crippen LogP contribution in [0.4, 0.5) is 0 Å². The molecule has 0 saturated carbocycles. The van der Waals surface area contributed by atoms with Crippen molar-refractivity contribution in [3.8, 4) is 44.5 Å². The summed E-state index contributed by atoms with van der Waals surface area (Å²) < 4.78 is 0. The molecule has 0 aliphatic carbocycles. The maximum atomic E-state index is 4.26. The third-order valence-electron chi connectivity index (χ3n) is 7.94. The number of pyridine rings is 2. The average Bonchev–Trinajstić information content (AvgIpc) is 3.00. The summed E-state index contributed by atoms with van der Waals surface area (Å²) in [5.74, 6) is 0. The van der Waals surface area contributed by atoms with Crippen molar-refractivity contribution in [1.29, 1.82) is 0 Å². The van der Waals surface area contributed by atoms with Crippen LogP contribution in [0.5, 0.6) is 0 Å². The quantitative estimate of drug-likeness (QED) is 0.219. The van der Waals surface area contributed by atoms with Crippen LogP contribution < -0.4 is 0 Å². The molecule has 5 aromatic carbocycles. The molecule has 0 unspecified atom stereocenters. The van der Waals surface area contributed by atoms with Gasteiger partial charge in [0.15, 0.2) is 0 Å². The van der Waals surface area contributed by atoms with Crippen LogP contribution in [0, 0.1) is 13.8 Å². The van der Waals surface area contributed by atoms with Crippen LogP contribution in [-0.2, 0) is 0 Å². The summed E-state index contributed by atoms with van der Waals surface area (Å²) >= 11 is 0. The van der Waals surface area contributed by atoms with Crippen molar-refractivity contribution in [2.24, 2.45) is 0 Å². The van der Waals surface area contributed by atoms with E-state index in [9.17, 15) is 0 Å². The van der Waals surface area contributed by atoms with Gasteiger partial charge in [-0.2, -0.15) is 0 Å². The Labute approximate surface area is 234 Å². The minimum Gasteiger partial charge on any atom is -0.265 e. The molecule has 2 heteroatoms. The lowest BCUT2D eigenvalue weighted by Crippen LogP contribution is -1.92. The first-order chi connectivity index (χ1) is 19.7. The number of benzene rings is 5. The van der Waals surface area contributed by atoms with Crippen molar-refractivity contribution in [2.75, 3.05) is 0 Å². The van der Waals surface area contributed by atoms with Crippen LogP contribution in [0.2, 0.25) is 0 Å². The number of aryl methyl sites for hydroxylation is 2. The SMILES string of the molecule is Cc1cnccc1-c1ccc(-c2c3ccccc3c(-c3ccc(-c4ccncc4)c(C)c3)c3ccccc23)cc1. The normalized spacial score (nSPS) is 11.2. The lowest BCUT2D eigenvalue weighted by molar-refractivity contribution is 1.27. The summed E-state index contributed by atoms with van der Waals surface area (Å²) in [6.45, 7) is 4.31. The summed E-state index contributed by atoms with van der Waals surface area (Å²) in [6.07, 6.45) is 7.50. The van der Waals surface area contributed by atoms with Crippen LogP contribution in [0.3, 0.4) is 0 Å². The Hall–Kier alpha value is -5.08. The van der Waals surface area contributed by atoms with E-state index in [4.69, 9.17) is 0 Å². The molecule has 0 aliphatic heterocycles. The van der Waals surface area contributed by atoms with Crippen molar-refractivity contribution in [3.05, 3.63) is 145 Å². The Kier molecular flexibility index (Phi) is 5.94. The number of hydrogen-bond donors (Lipinski definition) is 0. The molecule has 190 valence electrons. The van der Waals surface area contributed by atoms with Gasteiger partial charge >= 0.3 is 0 Å². The van der Waals surface area contributed by atoms with Crippen molar-refractivity contribution in [2.45, 2.75) is 13.8 Å². The summed E-state index contributed by atoms with van der Waals surface area (Å²) in [5.41, 5.74) is 12.3. The van der Waals surface area contributed by atoms with Gasteiger partial charge in [0.1, 0.15) is 0 Å². The molecule has 0 radical (unpaired) electrons. The van der Waals surface area contributed by atoms with Gasteiger partial charge in [0.2, 0.25) is 0 Å². The first-order valence-electron chi connectivity index (χ1n) is 13.7. The second-order valence-electron chi connectivity index (χ2n) is 10.4. The molecular formula is C38H28N2. The van der Waals surface area contributed by atoms with Gasteiger partial charge in [0.05, 0.1) is 0 Å². The highest BCUT2D eigenvalue weighted by Gasteiger charge is 2.17. The van der Waals surface area contributed by atoms with Gasteiger partial charge in [-0.3, -0.25) is 9.97 Å². The van der Waals surface area contributed by atoms with E-state index in [0.29, 0.717) is 0 Å². The van der Waals surface area contributed by atoms with Crippen LogP contribution in [0.25, 0.3) is 66.1 Å². The molecule has 2 nitrogen and oxygen atoms in total. The molecule has 7 aromatic rings. The second-order valence-corrected chi connectivity index (χ2v) is 10.4. The predicted octanol–water partition coefficient (Wildman–Crippen LogP) is 10.1. The lowest BCUT2D eigenvalue weighted by atomic mass is 9.85. The predicted molar refractivity (Wildman–Crippen MR) is 168 cm³/mol. The molecule has 0 spiro atoms. The van der Waals surface area contributed by atoms with Gasteiger partial charge in [-0.15, -0.1) is 0 Å². The van der Waals surface area contributed by atoms with Gasteiger partial charge in [0, 0.05) is 24.8 Å². The van der Waals surface area contributed by atoms with E-state index >= 15 is 0 Å². The van der Waals surface area contributed by atoms with Crippen LogP contribution in [0.15, 0.2) is 134 Å². The van der Waals surface area contributed by atoms with Crippen molar-refractivity contribution >= 4 is 21.5 Å². The molecule has 0 bridgehead atoms. The van der Waals surface area contributed by atoms with E-state index in [1.165, 1.54) is 77.2 Å². The third kappa shape index (κ3) is 4.06. The van der Waals surface area contributed by atoms with Gasteiger partial charge in [-0.05, 0) is 109 Å². The van der Waals surface area contributed by atoms with Crippen molar-refractivity contribution in [1.82, 2.24) is 9.97 Å². The molecule has 7 rings (SSSR count). The van der Waals surface area contributed by atoms with Gasteiger partial charge < -0.3 is 0 Å². The molecule has 0 amide bonds. The lowest BCUT2D eigenvalue weighted by Gasteiger charge is -2.19. The Morgan fingerprint density at radius 3 is 1.45 bits per heavy atom. The Morgan fingerprint density at radius 1 is 0.400 bits per heavy atom. The molecule has 2 aromatic heterocycles. The molecule has 0 fully saturated rings. The number of fused-ring (bicyclic) bond motifs is 2. The molecule has 40 heavy (non-hydrogen) atoms. The van der Waals surface area contributed by atoms with E-state index in [2.05, 4.69) is 133 Å². The van der Waals surface area contributed by atoms with Crippen molar-refractivity contribution in [3.63, 3.8) is 0 Å². The van der Waals surface area contributed by atoms with E-state index in [-0.39, 0.29) is 0 Å². The fourth-order valence-electron chi connectivity index (χ4n) is 6.04. The Morgan fingerprint density at radius 2 is 0.875 bits per heavy atom. The largest absolute Gasteiger partial charge is 0.265 e. The standard InChI is InChI=1S/C38H28N2/c1-25-23-30(15-16-31(25)28-17-20-39-21-18-28)38-35-9-5-3-7-33(35)37(34-8-4-6-10-36(34)38)29-13-11-27(12-14-29)32-19-22-40-24-26(32)2/h3-24H,1-2H3. The molecular weight excluding hydrogens is 484 g/mol. The molecule has 0 aliphatic rings. The van der Waals surface area contributed by atoms with Gasteiger partial charge in [0.25, 0.3) is 0 Å².